The van der Waals surface area contributed by atoms with E-state index in [1.165, 1.54) is 0 Å². The van der Waals surface area contributed by atoms with Gasteiger partial charge in [-0.25, -0.2) is 0 Å². The van der Waals surface area contributed by atoms with Crippen molar-refractivity contribution in [2.75, 3.05) is 26.4 Å². The highest BCUT2D eigenvalue weighted by molar-refractivity contribution is 4.98. The fourth-order valence-corrected chi connectivity index (χ4v) is 1.87. The summed E-state index contributed by atoms with van der Waals surface area (Å²) in [6, 6.07) is 0. The molecule has 0 aromatic carbocycles. The van der Waals surface area contributed by atoms with Crippen molar-refractivity contribution >= 4 is 0 Å². The van der Waals surface area contributed by atoms with Gasteiger partial charge in [0, 0.05) is 5.92 Å². The minimum Gasteiger partial charge on any atom is -0.393 e. The molecule has 0 fully saturated rings. The third-order valence-corrected chi connectivity index (χ3v) is 2.97. The molecule has 6 N–H and O–H groups in total. The fourth-order valence-electron chi connectivity index (χ4n) is 1.87. The summed E-state index contributed by atoms with van der Waals surface area (Å²) in [5.74, 6) is -1.00. The molecule has 0 saturated carbocycles. The van der Waals surface area contributed by atoms with E-state index in [9.17, 15) is 10.2 Å². The summed E-state index contributed by atoms with van der Waals surface area (Å²) in [6.45, 7) is -1.22. The van der Waals surface area contributed by atoms with Crippen molar-refractivity contribution in [2.45, 2.75) is 31.0 Å². The summed E-state index contributed by atoms with van der Waals surface area (Å²) in [6.07, 6.45) is 0.824. The maximum absolute atomic E-state index is 9.94. The van der Waals surface area contributed by atoms with Crippen LogP contribution in [0.5, 0.6) is 0 Å². The average molecular weight is 238 g/mol. The van der Waals surface area contributed by atoms with E-state index in [1.807, 2.05) is 0 Å². The van der Waals surface area contributed by atoms with E-state index in [1.54, 1.807) is 6.92 Å². The van der Waals surface area contributed by atoms with Crippen LogP contribution in [0.2, 0.25) is 0 Å². The Hall–Kier alpha value is -0.240. The van der Waals surface area contributed by atoms with Gasteiger partial charge in [-0.05, 0) is 6.42 Å². The molecule has 0 unspecified atom stereocenters. The smallest absolute Gasteiger partial charge is 0.116 e. The summed E-state index contributed by atoms with van der Waals surface area (Å²) >= 11 is 0. The maximum atomic E-state index is 9.94. The van der Waals surface area contributed by atoms with Gasteiger partial charge in [-0.3, -0.25) is 0 Å². The van der Waals surface area contributed by atoms with Crippen LogP contribution in [-0.4, -0.2) is 68.3 Å². The number of aliphatic hydroxyl groups excluding tert-OH is 4. The molecule has 0 aliphatic rings. The van der Waals surface area contributed by atoms with Crippen LogP contribution in [0.25, 0.3) is 0 Å². The Kier molecular flexibility index (Phi) is 6.39. The van der Waals surface area contributed by atoms with Crippen molar-refractivity contribution in [3.63, 3.8) is 0 Å². The van der Waals surface area contributed by atoms with Crippen LogP contribution in [0.15, 0.2) is 0 Å². The molecule has 0 aromatic heterocycles. The predicted molar refractivity (Wildman–Crippen MR) is 56.6 cm³/mol. The summed E-state index contributed by atoms with van der Waals surface area (Å²) in [4.78, 5) is 0. The van der Waals surface area contributed by atoms with Gasteiger partial charge in [0.2, 0.25) is 0 Å². The van der Waals surface area contributed by atoms with Crippen LogP contribution in [0.3, 0.4) is 0 Å². The molecular formula is C10H22O6. The van der Waals surface area contributed by atoms with Gasteiger partial charge in [-0.15, -0.1) is 0 Å². The van der Waals surface area contributed by atoms with Gasteiger partial charge in [0.1, 0.15) is 11.2 Å². The average Bonchev–Trinajstić information content (AvgIpc) is 2.34. The van der Waals surface area contributed by atoms with Crippen molar-refractivity contribution in [1.29, 1.82) is 0 Å². The lowest BCUT2D eigenvalue weighted by molar-refractivity contribution is -0.190. The zero-order chi connectivity index (χ0) is 12.8. The summed E-state index contributed by atoms with van der Waals surface area (Å²) in [5.41, 5.74) is -3.84. The molecule has 0 radical (unpaired) electrons. The Balaban J connectivity index is 5.11. The molecule has 0 aliphatic heterocycles. The zero-order valence-electron chi connectivity index (χ0n) is 9.50. The SMILES string of the molecule is CCCC(C(O)(CO)CO)C(O)(CO)CO. The molecule has 0 atom stereocenters. The minimum absolute atomic E-state index is 0.259. The monoisotopic (exact) mass is 238 g/mol. The number of aliphatic hydroxyl groups is 6. The van der Waals surface area contributed by atoms with Crippen LogP contribution in [0, 0.1) is 5.92 Å². The van der Waals surface area contributed by atoms with Gasteiger partial charge < -0.3 is 30.6 Å². The van der Waals surface area contributed by atoms with Gasteiger partial charge in [-0.1, -0.05) is 13.3 Å². The maximum Gasteiger partial charge on any atom is 0.116 e. The van der Waals surface area contributed by atoms with Crippen molar-refractivity contribution in [3.05, 3.63) is 0 Å². The number of hydrogen-bond donors (Lipinski definition) is 6. The van der Waals surface area contributed by atoms with E-state index >= 15 is 0 Å². The highest BCUT2D eigenvalue weighted by Crippen LogP contribution is 2.32. The standard InChI is InChI=1S/C10H22O6/c1-2-3-8(9(15,4-11)5-12)10(16,6-13)7-14/h8,11-16H,2-7H2,1H3. The topological polar surface area (TPSA) is 121 Å². The van der Waals surface area contributed by atoms with Crippen LogP contribution < -0.4 is 0 Å². The molecule has 0 spiro atoms. The molecule has 98 valence electrons. The lowest BCUT2D eigenvalue weighted by atomic mass is 9.73. The Morgan fingerprint density at radius 1 is 0.812 bits per heavy atom. The molecule has 0 aromatic rings. The van der Waals surface area contributed by atoms with E-state index in [4.69, 9.17) is 20.4 Å². The van der Waals surface area contributed by atoms with Crippen LogP contribution in [0.1, 0.15) is 19.8 Å². The fraction of sp³-hybridized carbons (Fsp3) is 1.00. The number of hydrogen-bond acceptors (Lipinski definition) is 6. The highest BCUT2D eigenvalue weighted by Gasteiger charge is 2.48. The summed E-state index contributed by atoms with van der Waals surface area (Å²) in [5, 5.41) is 56.1. The minimum atomic E-state index is -1.92. The van der Waals surface area contributed by atoms with Gasteiger partial charge in [0.15, 0.2) is 0 Å². The zero-order valence-corrected chi connectivity index (χ0v) is 9.50. The molecule has 0 saturated heterocycles. The quantitative estimate of drug-likeness (QED) is 0.286. The molecule has 0 amide bonds. The molecular weight excluding hydrogens is 216 g/mol. The van der Waals surface area contributed by atoms with Crippen LogP contribution in [-0.2, 0) is 0 Å². The molecule has 0 bridgehead atoms. The highest BCUT2D eigenvalue weighted by atomic mass is 16.4. The Bertz CT molecular complexity index is 170. The first-order valence-electron chi connectivity index (χ1n) is 5.32. The van der Waals surface area contributed by atoms with Gasteiger partial charge in [-0.2, -0.15) is 0 Å². The van der Waals surface area contributed by atoms with Crippen LogP contribution in [0.4, 0.5) is 0 Å². The largest absolute Gasteiger partial charge is 0.393 e. The Morgan fingerprint density at radius 2 is 1.12 bits per heavy atom. The van der Waals surface area contributed by atoms with E-state index in [0.29, 0.717) is 6.42 Å². The van der Waals surface area contributed by atoms with Gasteiger partial charge in [0.25, 0.3) is 0 Å². The van der Waals surface area contributed by atoms with E-state index in [-0.39, 0.29) is 6.42 Å². The van der Waals surface area contributed by atoms with E-state index < -0.39 is 43.5 Å². The van der Waals surface area contributed by atoms with E-state index in [2.05, 4.69) is 0 Å². The van der Waals surface area contributed by atoms with Crippen molar-refractivity contribution in [2.24, 2.45) is 5.92 Å². The second kappa shape index (κ2) is 6.48. The van der Waals surface area contributed by atoms with Crippen molar-refractivity contribution < 1.29 is 30.6 Å². The summed E-state index contributed by atoms with van der Waals surface area (Å²) < 4.78 is 0. The Morgan fingerprint density at radius 3 is 1.31 bits per heavy atom. The summed E-state index contributed by atoms with van der Waals surface area (Å²) in [7, 11) is 0. The first-order chi connectivity index (χ1) is 7.44. The molecule has 0 heterocycles. The Labute approximate surface area is 94.8 Å². The number of rotatable bonds is 8. The second-order valence-electron chi connectivity index (χ2n) is 4.18. The first kappa shape index (κ1) is 15.8. The van der Waals surface area contributed by atoms with Gasteiger partial charge in [0.05, 0.1) is 26.4 Å². The molecule has 0 aliphatic carbocycles. The molecule has 0 rings (SSSR count). The second-order valence-corrected chi connectivity index (χ2v) is 4.18. The molecule has 6 nitrogen and oxygen atoms in total. The van der Waals surface area contributed by atoms with Crippen molar-refractivity contribution in [3.8, 4) is 0 Å². The third kappa shape index (κ3) is 3.13. The van der Waals surface area contributed by atoms with E-state index in [0.717, 1.165) is 0 Å². The van der Waals surface area contributed by atoms with Crippen molar-refractivity contribution in [1.82, 2.24) is 0 Å². The molecule has 16 heavy (non-hydrogen) atoms. The normalized spacial score (nSPS) is 13.5. The first-order valence-corrected chi connectivity index (χ1v) is 5.32. The van der Waals surface area contributed by atoms with Gasteiger partial charge >= 0.3 is 0 Å². The predicted octanol–water partition coefficient (Wildman–Crippen LogP) is -2.17. The third-order valence-electron chi connectivity index (χ3n) is 2.97. The molecule has 6 heteroatoms. The lowest BCUT2D eigenvalue weighted by Crippen LogP contribution is -2.59. The lowest BCUT2D eigenvalue weighted by Gasteiger charge is -2.42. The van der Waals surface area contributed by atoms with Crippen LogP contribution >= 0.6 is 0 Å².